The quantitative estimate of drug-likeness (QED) is 0.894. The van der Waals surface area contributed by atoms with Crippen LogP contribution in [0.15, 0.2) is 24.3 Å². The van der Waals surface area contributed by atoms with Crippen LogP contribution in [-0.4, -0.2) is 35.5 Å². The van der Waals surface area contributed by atoms with Crippen molar-refractivity contribution in [3.05, 3.63) is 29.8 Å². The van der Waals surface area contributed by atoms with Crippen molar-refractivity contribution in [1.82, 2.24) is 4.90 Å². The van der Waals surface area contributed by atoms with Gasteiger partial charge in [-0.3, -0.25) is 9.59 Å². The van der Waals surface area contributed by atoms with E-state index in [1.807, 2.05) is 31.2 Å². The lowest BCUT2D eigenvalue weighted by atomic mass is 9.94. The standard InChI is InChI=1S/C15H19NO4/c1-3-7-20-11-6-4-5-10(8-11)14-12(15(18)19)9-13(17)16(14)2/h4-6,8,12,14H,3,7,9H2,1-2H3,(H,18,19). The topological polar surface area (TPSA) is 66.8 Å². The molecule has 1 aliphatic rings. The third-order valence-electron chi connectivity index (χ3n) is 3.58. The van der Waals surface area contributed by atoms with Crippen LogP contribution in [0, 0.1) is 5.92 Å². The molecule has 2 rings (SSSR count). The second-order valence-corrected chi connectivity index (χ2v) is 5.02. The average molecular weight is 277 g/mol. The highest BCUT2D eigenvalue weighted by molar-refractivity contribution is 5.87. The number of ether oxygens (including phenoxy) is 1. The summed E-state index contributed by atoms with van der Waals surface area (Å²) in [5.41, 5.74) is 0.805. The molecule has 1 saturated heterocycles. The molecule has 0 saturated carbocycles. The predicted octanol–water partition coefficient (Wildman–Crippen LogP) is 2.08. The van der Waals surface area contributed by atoms with Crippen molar-refractivity contribution in [2.75, 3.05) is 13.7 Å². The van der Waals surface area contributed by atoms with Crippen molar-refractivity contribution in [3.8, 4) is 5.75 Å². The normalized spacial score (nSPS) is 22.1. The molecule has 0 radical (unpaired) electrons. The molecule has 1 heterocycles. The number of carbonyl (C=O) groups is 2. The minimum Gasteiger partial charge on any atom is -0.494 e. The van der Waals surface area contributed by atoms with E-state index in [2.05, 4.69) is 0 Å². The van der Waals surface area contributed by atoms with Gasteiger partial charge in [0.1, 0.15) is 5.75 Å². The number of carbonyl (C=O) groups excluding carboxylic acids is 1. The van der Waals surface area contributed by atoms with Crippen molar-refractivity contribution in [2.45, 2.75) is 25.8 Å². The zero-order valence-electron chi connectivity index (χ0n) is 11.7. The maximum absolute atomic E-state index is 11.8. The molecule has 1 N–H and O–H groups in total. The zero-order chi connectivity index (χ0) is 14.7. The maximum Gasteiger partial charge on any atom is 0.309 e. The van der Waals surface area contributed by atoms with E-state index in [-0.39, 0.29) is 12.3 Å². The Morgan fingerprint density at radius 3 is 2.90 bits per heavy atom. The molecule has 2 unspecified atom stereocenters. The number of rotatable bonds is 5. The van der Waals surface area contributed by atoms with E-state index in [1.54, 1.807) is 7.05 Å². The second kappa shape index (κ2) is 5.94. The Bertz CT molecular complexity index is 514. The number of likely N-dealkylation sites (tertiary alicyclic amines) is 1. The van der Waals surface area contributed by atoms with Gasteiger partial charge in [0.2, 0.25) is 5.91 Å². The molecule has 0 aliphatic carbocycles. The van der Waals surface area contributed by atoms with Crippen LogP contribution in [0.25, 0.3) is 0 Å². The van der Waals surface area contributed by atoms with Crippen LogP contribution in [-0.2, 0) is 9.59 Å². The van der Waals surface area contributed by atoms with Crippen molar-refractivity contribution in [1.29, 1.82) is 0 Å². The fourth-order valence-electron chi connectivity index (χ4n) is 2.56. The van der Waals surface area contributed by atoms with E-state index < -0.39 is 17.9 Å². The first-order valence-electron chi connectivity index (χ1n) is 6.75. The molecule has 1 fully saturated rings. The van der Waals surface area contributed by atoms with E-state index in [1.165, 1.54) is 4.90 Å². The molecule has 1 aromatic carbocycles. The Hall–Kier alpha value is -2.04. The van der Waals surface area contributed by atoms with Gasteiger partial charge < -0.3 is 14.7 Å². The maximum atomic E-state index is 11.8. The summed E-state index contributed by atoms with van der Waals surface area (Å²) in [5.74, 6) is -1.06. The Morgan fingerprint density at radius 2 is 2.25 bits per heavy atom. The SMILES string of the molecule is CCCOc1cccc(C2C(C(=O)O)CC(=O)N2C)c1. The molecule has 108 valence electrons. The first kappa shape index (κ1) is 14.4. The second-order valence-electron chi connectivity index (χ2n) is 5.02. The van der Waals surface area contributed by atoms with Gasteiger partial charge in [-0.1, -0.05) is 19.1 Å². The molecule has 1 aromatic rings. The van der Waals surface area contributed by atoms with Gasteiger partial charge in [-0.25, -0.2) is 0 Å². The Kier molecular flexibility index (Phi) is 4.27. The number of hydrogen-bond acceptors (Lipinski definition) is 3. The first-order valence-corrected chi connectivity index (χ1v) is 6.75. The summed E-state index contributed by atoms with van der Waals surface area (Å²) >= 11 is 0. The number of carboxylic acids is 1. The molecule has 2 atom stereocenters. The van der Waals surface area contributed by atoms with Crippen molar-refractivity contribution in [3.63, 3.8) is 0 Å². The van der Waals surface area contributed by atoms with Crippen LogP contribution in [0.3, 0.4) is 0 Å². The Balaban J connectivity index is 2.28. The van der Waals surface area contributed by atoms with Gasteiger partial charge in [-0.2, -0.15) is 0 Å². The summed E-state index contributed by atoms with van der Waals surface area (Å²) in [4.78, 5) is 24.6. The van der Waals surface area contributed by atoms with Crippen LogP contribution in [0.1, 0.15) is 31.4 Å². The third-order valence-corrected chi connectivity index (χ3v) is 3.58. The molecule has 5 nitrogen and oxygen atoms in total. The summed E-state index contributed by atoms with van der Waals surface area (Å²) < 4.78 is 5.56. The first-order chi connectivity index (χ1) is 9.54. The molecule has 5 heteroatoms. The van der Waals surface area contributed by atoms with Gasteiger partial charge in [-0.05, 0) is 24.1 Å². The van der Waals surface area contributed by atoms with E-state index in [4.69, 9.17) is 4.74 Å². The summed E-state index contributed by atoms with van der Waals surface area (Å²) in [6.07, 6.45) is 0.959. The zero-order valence-corrected chi connectivity index (χ0v) is 11.7. The molecule has 20 heavy (non-hydrogen) atoms. The molecular formula is C15H19NO4. The Labute approximate surface area is 118 Å². The highest BCUT2D eigenvalue weighted by Gasteiger charge is 2.42. The molecular weight excluding hydrogens is 258 g/mol. The summed E-state index contributed by atoms with van der Waals surface area (Å²) in [6.45, 7) is 2.64. The van der Waals surface area contributed by atoms with E-state index in [9.17, 15) is 14.7 Å². The summed E-state index contributed by atoms with van der Waals surface area (Å²) in [6, 6.07) is 6.91. The largest absolute Gasteiger partial charge is 0.494 e. The van der Waals surface area contributed by atoms with Crippen LogP contribution >= 0.6 is 0 Å². The van der Waals surface area contributed by atoms with Gasteiger partial charge >= 0.3 is 5.97 Å². The fraction of sp³-hybridized carbons (Fsp3) is 0.467. The molecule has 0 bridgehead atoms. The highest BCUT2D eigenvalue weighted by atomic mass is 16.5. The van der Waals surface area contributed by atoms with Gasteiger partial charge in [0, 0.05) is 13.5 Å². The van der Waals surface area contributed by atoms with Crippen LogP contribution < -0.4 is 4.74 Å². The van der Waals surface area contributed by atoms with Crippen molar-refractivity contribution in [2.24, 2.45) is 5.92 Å². The Morgan fingerprint density at radius 1 is 1.50 bits per heavy atom. The number of amides is 1. The minimum atomic E-state index is -0.937. The van der Waals surface area contributed by atoms with Gasteiger partial charge in [0.25, 0.3) is 0 Å². The van der Waals surface area contributed by atoms with E-state index >= 15 is 0 Å². The van der Waals surface area contributed by atoms with Crippen LogP contribution in [0.5, 0.6) is 5.75 Å². The molecule has 1 aliphatic heterocycles. The molecule has 0 aromatic heterocycles. The lowest BCUT2D eigenvalue weighted by Crippen LogP contribution is -2.26. The number of carboxylic acid groups (broad SMARTS) is 1. The fourth-order valence-corrected chi connectivity index (χ4v) is 2.56. The average Bonchev–Trinajstić information content (AvgIpc) is 2.73. The van der Waals surface area contributed by atoms with Crippen molar-refractivity contribution < 1.29 is 19.4 Å². The van der Waals surface area contributed by atoms with Crippen molar-refractivity contribution >= 4 is 11.9 Å². The van der Waals surface area contributed by atoms with E-state index in [0.717, 1.165) is 12.0 Å². The van der Waals surface area contributed by atoms with E-state index in [0.29, 0.717) is 12.4 Å². The number of benzene rings is 1. The lowest BCUT2D eigenvalue weighted by Gasteiger charge is -2.23. The predicted molar refractivity (Wildman–Crippen MR) is 73.5 cm³/mol. The minimum absolute atomic E-state index is 0.0521. The molecule has 0 spiro atoms. The third kappa shape index (κ3) is 2.76. The highest BCUT2D eigenvalue weighted by Crippen LogP contribution is 2.38. The monoisotopic (exact) mass is 277 g/mol. The van der Waals surface area contributed by atoms with Crippen LogP contribution in [0.2, 0.25) is 0 Å². The van der Waals surface area contributed by atoms with Crippen LogP contribution in [0.4, 0.5) is 0 Å². The van der Waals surface area contributed by atoms with Gasteiger partial charge in [-0.15, -0.1) is 0 Å². The van der Waals surface area contributed by atoms with Gasteiger partial charge in [0.15, 0.2) is 0 Å². The summed E-state index contributed by atoms with van der Waals surface area (Å²) in [7, 11) is 1.65. The lowest BCUT2D eigenvalue weighted by molar-refractivity contribution is -0.142. The molecule has 1 amide bonds. The summed E-state index contributed by atoms with van der Waals surface area (Å²) in [5, 5.41) is 9.28. The number of nitrogens with zero attached hydrogens (tertiary/aromatic N) is 1. The van der Waals surface area contributed by atoms with Gasteiger partial charge in [0.05, 0.1) is 18.6 Å². The smallest absolute Gasteiger partial charge is 0.309 e. The number of aliphatic carboxylic acids is 1. The number of hydrogen-bond donors (Lipinski definition) is 1.